The van der Waals surface area contributed by atoms with Crippen LogP contribution in [0.15, 0.2) is 73.3 Å². The average molecular weight is 363 g/mol. The Kier molecular flexibility index (Phi) is 4.57. The van der Waals surface area contributed by atoms with Crippen LogP contribution >= 0.6 is 11.6 Å². The summed E-state index contributed by atoms with van der Waals surface area (Å²) in [5.74, 6) is 1.98. The van der Waals surface area contributed by atoms with Gasteiger partial charge in [0.15, 0.2) is 11.6 Å². The molecular weight excluding hydrogens is 348 g/mol. The summed E-state index contributed by atoms with van der Waals surface area (Å²) < 4.78 is 1.85. The zero-order valence-corrected chi connectivity index (χ0v) is 14.5. The van der Waals surface area contributed by atoms with E-state index < -0.39 is 0 Å². The Balaban J connectivity index is 1.50. The molecular formula is C19H15ClN6. The number of aromatic nitrogens is 5. The lowest BCUT2D eigenvalue weighted by Crippen LogP contribution is -2.02. The minimum Gasteiger partial charge on any atom is -0.323 e. The number of anilines is 2. The van der Waals surface area contributed by atoms with Gasteiger partial charge in [-0.2, -0.15) is 5.10 Å². The third-order valence-electron chi connectivity index (χ3n) is 3.70. The largest absolute Gasteiger partial charge is 0.323 e. The quantitative estimate of drug-likeness (QED) is 0.576. The third-order valence-corrected chi connectivity index (χ3v) is 3.94. The van der Waals surface area contributed by atoms with Crippen molar-refractivity contribution in [3.05, 3.63) is 83.9 Å². The lowest BCUT2D eigenvalue weighted by molar-refractivity contribution is 0.687. The number of nitrogens with zero attached hydrogens (tertiary/aromatic N) is 5. The van der Waals surface area contributed by atoms with Gasteiger partial charge >= 0.3 is 0 Å². The molecule has 0 bridgehead atoms. The van der Waals surface area contributed by atoms with Gasteiger partial charge in [-0.25, -0.2) is 9.97 Å². The van der Waals surface area contributed by atoms with E-state index in [9.17, 15) is 0 Å². The van der Waals surface area contributed by atoms with E-state index in [-0.39, 0.29) is 0 Å². The second-order valence-corrected chi connectivity index (χ2v) is 6.10. The smallest absolute Gasteiger partial charge is 0.161 e. The maximum absolute atomic E-state index is 6.05. The van der Waals surface area contributed by atoms with Gasteiger partial charge in [0.05, 0.1) is 6.54 Å². The van der Waals surface area contributed by atoms with Crippen molar-refractivity contribution < 1.29 is 0 Å². The molecule has 4 rings (SSSR count). The molecule has 0 fully saturated rings. The van der Waals surface area contributed by atoms with E-state index in [1.54, 1.807) is 18.5 Å². The summed E-state index contributed by atoms with van der Waals surface area (Å²) in [5.41, 5.74) is 1.95. The fourth-order valence-corrected chi connectivity index (χ4v) is 2.71. The predicted molar refractivity (Wildman–Crippen MR) is 101 cm³/mol. The normalized spacial score (nSPS) is 10.7. The Morgan fingerprint density at radius 3 is 2.81 bits per heavy atom. The summed E-state index contributed by atoms with van der Waals surface area (Å²) in [6, 6.07) is 15.1. The van der Waals surface area contributed by atoms with E-state index in [0.29, 0.717) is 29.0 Å². The van der Waals surface area contributed by atoms with E-state index in [0.717, 1.165) is 11.1 Å². The molecule has 0 saturated carbocycles. The number of nitrogens with one attached hydrogen (secondary N) is 1. The lowest BCUT2D eigenvalue weighted by Gasteiger charge is -2.05. The van der Waals surface area contributed by atoms with E-state index in [4.69, 9.17) is 11.6 Å². The Hall–Kier alpha value is -3.25. The van der Waals surface area contributed by atoms with Crippen LogP contribution in [0.25, 0.3) is 11.4 Å². The fraction of sp³-hybridized carbons (Fsp3) is 0.0526. The summed E-state index contributed by atoms with van der Waals surface area (Å²) in [7, 11) is 0. The summed E-state index contributed by atoms with van der Waals surface area (Å²) in [4.78, 5) is 13.0. The third kappa shape index (κ3) is 3.87. The summed E-state index contributed by atoms with van der Waals surface area (Å²) in [6.07, 6.45) is 7.20. The molecule has 0 unspecified atom stereocenters. The molecule has 6 nitrogen and oxygen atoms in total. The molecule has 7 heteroatoms. The van der Waals surface area contributed by atoms with Crippen LogP contribution in [0.5, 0.6) is 0 Å². The molecule has 1 aromatic carbocycles. The highest BCUT2D eigenvalue weighted by atomic mass is 35.5. The highest BCUT2D eigenvalue weighted by molar-refractivity contribution is 6.30. The Morgan fingerprint density at radius 2 is 1.96 bits per heavy atom. The first kappa shape index (κ1) is 16.2. The van der Waals surface area contributed by atoms with Gasteiger partial charge in [-0.1, -0.05) is 29.8 Å². The lowest BCUT2D eigenvalue weighted by atomic mass is 10.2. The molecule has 128 valence electrons. The summed E-state index contributed by atoms with van der Waals surface area (Å²) in [6.45, 7) is 0.660. The molecule has 4 aromatic rings. The molecule has 0 atom stereocenters. The Bertz CT molecular complexity index is 1020. The monoisotopic (exact) mass is 362 g/mol. The Labute approximate surface area is 155 Å². The number of pyridine rings is 1. The molecule has 26 heavy (non-hydrogen) atoms. The molecule has 0 aliphatic heterocycles. The molecule has 0 aliphatic carbocycles. The van der Waals surface area contributed by atoms with Crippen molar-refractivity contribution in [3.63, 3.8) is 0 Å². The van der Waals surface area contributed by atoms with Crippen molar-refractivity contribution in [1.29, 1.82) is 0 Å². The highest BCUT2D eigenvalue weighted by Crippen LogP contribution is 2.21. The van der Waals surface area contributed by atoms with Crippen molar-refractivity contribution >= 4 is 23.2 Å². The standard InChI is InChI=1S/C19H15ClN6/c20-16-5-1-4-15(11-16)19-22-9-6-17(24-19)23-18-7-10-26(25-18)13-14-3-2-8-21-12-14/h1-12H,13H2,(H,22,23,24,25). The van der Waals surface area contributed by atoms with Crippen molar-refractivity contribution in [2.75, 3.05) is 5.32 Å². The van der Waals surface area contributed by atoms with Crippen LogP contribution in [0.3, 0.4) is 0 Å². The van der Waals surface area contributed by atoms with Crippen LogP contribution in [0, 0.1) is 0 Å². The fourth-order valence-electron chi connectivity index (χ4n) is 2.52. The maximum Gasteiger partial charge on any atom is 0.161 e. The first-order valence-electron chi connectivity index (χ1n) is 8.05. The van der Waals surface area contributed by atoms with Gasteiger partial charge in [0.2, 0.25) is 0 Å². The van der Waals surface area contributed by atoms with Crippen molar-refractivity contribution in [1.82, 2.24) is 24.7 Å². The number of halogens is 1. The maximum atomic E-state index is 6.05. The zero-order valence-electron chi connectivity index (χ0n) is 13.7. The van der Waals surface area contributed by atoms with E-state index >= 15 is 0 Å². The van der Waals surface area contributed by atoms with Crippen LogP contribution in [-0.4, -0.2) is 24.7 Å². The summed E-state index contributed by atoms with van der Waals surface area (Å²) >= 11 is 6.05. The second kappa shape index (κ2) is 7.33. The molecule has 1 N–H and O–H groups in total. The number of benzene rings is 1. The van der Waals surface area contributed by atoms with Crippen LogP contribution in [-0.2, 0) is 6.54 Å². The molecule has 0 saturated heterocycles. The van der Waals surface area contributed by atoms with Crippen molar-refractivity contribution in [2.24, 2.45) is 0 Å². The van der Waals surface area contributed by atoms with Crippen LogP contribution in [0.4, 0.5) is 11.6 Å². The molecule has 0 spiro atoms. The van der Waals surface area contributed by atoms with Crippen LogP contribution < -0.4 is 5.32 Å². The van der Waals surface area contributed by atoms with Crippen molar-refractivity contribution in [2.45, 2.75) is 6.54 Å². The van der Waals surface area contributed by atoms with E-state index in [1.165, 1.54) is 0 Å². The van der Waals surface area contributed by atoms with E-state index in [2.05, 4.69) is 25.4 Å². The number of rotatable bonds is 5. The molecule has 0 radical (unpaired) electrons. The molecule has 0 amide bonds. The first-order chi connectivity index (χ1) is 12.8. The van der Waals surface area contributed by atoms with Gasteiger partial charge in [0.1, 0.15) is 5.82 Å². The van der Waals surface area contributed by atoms with Crippen LogP contribution in [0.2, 0.25) is 5.02 Å². The molecule has 0 aliphatic rings. The molecule has 3 heterocycles. The summed E-state index contributed by atoms with van der Waals surface area (Å²) in [5, 5.41) is 8.37. The van der Waals surface area contributed by atoms with Gasteiger partial charge in [-0.3, -0.25) is 9.67 Å². The first-order valence-corrected chi connectivity index (χ1v) is 8.42. The topological polar surface area (TPSA) is 68.5 Å². The number of hydrogen-bond donors (Lipinski definition) is 1. The SMILES string of the molecule is Clc1cccc(-c2nccc(Nc3ccn(Cc4cccnc4)n3)n2)c1. The van der Waals surface area contributed by atoms with Gasteiger partial charge in [-0.05, 0) is 29.8 Å². The Morgan fingerprint density at radius 1 is 1.00 bits per heavy atom. The van der Waals surface area contributed by atoms with Gasteiger partial charge < -0.3 is 5.32 Å². The van der Waals surface area contributed by atoms with Gasteiger partial charge in [0.25, 0.3) is 0 Å². The number of hydrogen-bond acceptors (Lipinski definition) is 5. The van der Waals surface area contributed by atoms with Gasteiger partial charge in [0, 0.05) is 41.4 Å². The molecule has 3 aromatic heterocycles. The minimum absolute atomic E-state index is 0.604. The highest BCUT2D eigenvalue weighted by Gasteiger charge is 2.06. The zero-order chi connectivity index (χ0) is 17.8. The van der Waals surface area contributed by atoms with Crippen LogP contribution in [0.1, 0.15) is 5.56 Å². The average Bonchev–Trinajstić information content (AvgIpc) is 3.09. The van der Waals surface area contributed by atoms with Crippen molar-refractivity contribution in [3.8, 4) is 11.4 Å². The van der Waals surface area contributed by atoms with Gasteiger partial charge in [-0.15, -0.1) is 0 Å². The predicted octanol–water partition coefficient (Wildman–Crippen LogP) is 4.18. The van der Waals surface area contributed by atoms with E-state index in [1.807, 2.05) is 59.5 Å². The minimum atomic E-state index is 0.604. The second-order valence-electron chi connectivity index (χ2n) is 5.66.